The van der Waals surface area contributed by atoms with E-state index in [2.05, 4.69) is 377 Å². The van der Waals surface area contributed by atoms with Gasteiger partial charge in [0.1, 0.15) is 23.0 Å². The number of para-hydroxylation sites is 4. The Hall–Kier alpha value is -14.3. The average Bonchev–Trinajstić information content (AvgIpc) is 1.51. The van der Waals surface area contributed by atoms with Crippen molar-refractivity contribution in [2.24, 2.45) is 0 Å². The van der Waals surface area contributed by atoms with E-state index in [1.165, 1.54) is 61.2 Å². The molecule has 0 bridgehead atoms. The van der Waals surface area contributed by atoms with Crippen molar-refractivity contribution in [3.8, 4) is 146 Å². The molecule has 122 heavy (non-hydrogen) atoms. The highest BCUT2D eigenvalue weighted by atomic mass is 79.9. The lowest BCUT2D eigenvalue weighted by atomic mass is 9.66. The summed E-state index contributed by atoms with van der Waals surface area (Å²) in [6, 6.07) is 144. The van der Waals surface area contributed by atoms with Crippen molar-refractivity contribution in [3.63, 3.8) is 0 Å². The van der Waals surface area contributed by atoms with Crippen LogP contribution < -0.4 is 14.9 Å². The van der Waals surface area contributed by atoms with Gasteiger partial charge in [-0.2, -0.15) is 0 Å². The average molecular weight is 1640 g/mol. The molecule has 16 aromatic carbocycles. The van der Waals surface area contributed by atoms with E-state index in [-0.39, 0.29) is 5.41 Å². The van der Waals surface area contributed by atoms with Crippen molar-refractivity contribution in [1.82, 2.24) is 19.9 Å². The third-order valence-electron chi connectivity index (χ3n) is 25.0. The van der Waals surface area contributed by atoms with Gasteiger partial charge in [-0.05, 0) is 125 Å². The number of aromatic nitrogens is 4. The van der Waals surface area contributed by atoms with Gasteiger partial charge < -0.3 is 18.8 Å². The van der Waals surface area contributed by atoms with Crippen LogP contribution in [-0.4, -0.2) is 38.3 Å². The minimum absolute atomic E-state index is 0.360. The molecule has 582 valence electrons. The number of benzene rings is 16. The van der Waals surface area contributed by atoms with Gasteiger partial charge in [-0.1, -0.05) is 398 Å². The summed E-state index contributed by atoms with van der Waals surface area (Å²) in [5, 5.41) is 0. The van der Waals surface area contributed by atoms with E-state index in [9.17, 15) is 0 Å². The molecule has 8 nitrogen and oxygen atoms in total. The number of hydrogen-bond acceptors (Lipinski definition) is 8. The first kappa shape index (κ1) is 75.2. The van der Waals surface area contributed by atoms with Crippen molar-refractivity contribution in [1.29, 1.82) is 0 Å². The van der Waals surface area contributed by atoms with Crippen LogP contribution in [0.25, 0.3) is 123 Å². The molecule has 0 atom stereocenters. The second kappa shape index (κ2) is 30.8. The molecular weight excluding hydrogens is 1560 g/mol. The molecule has 1 saturated heterocycles. The molecular formula is C112H80BBrN4O4. The monoisotopic (exact) mass is 1630 g/mol. The van der Waals surface area contributed by atoms with Crippen LogP contribution in [0.15, 0.2) is 417 Å². The Kier molecular flexibility index (Phi) is 19.0. The van der Waals surface area contributed by atoms with E-state index in [4.69, 9.17) is 38.7 Å². The van der Waals surface area contributed by atoms with Gasteiger partial charge in [0, 0.05) is 76.8 Å². The summed E-state index contributed by atoms with van der Waals surface area (Å²) in [6.07, 6.45) is 0. The van der Waals surface area contributed by atoms with Crippen LogP contribution in [0.5, 0.6) is 23.0 Å². The van der Waals surface area contributed by atoms with Gasteiger partial charge in [0.15, 0.2) is 11.6 Å². The Bertz CT molecular complexity index is 6910. The first-order valence-corrected chi connectivity index (χ1v) is 42.3. The van der Waals surface area contributed by atoms with Crippen molar-refractivity contribution in [2.45, 2.75) is 49.7 Å². The van der Waals surface area contributed by atoms with Crippen molar-refractivity contribution >= 4 is 28.5 Å². The normalized spacial score (nSPS) is 14.3. The topological polar surface area (TPSA) is 88.5 Å². The highest BCUT2D eigenvalue weighted by Gasteiger charge is 2.54. The fourth-order valence-electron chi connectivity index (χ4n) is 18.7. The minimum Gasteiger partial charge on any atom is -0.457 e. The minimum atomic E-state index is -0.513. The first-order chi connectivity index (χ1) is 59.9. The largest absolute Gasteiger partial charge is 0.494 e. The van der Waals surface area contributed by atoms with Crippen molar-refractivity contribution < 1.29 is 18.8 Å². The molecule has 18 aromatic rings. The van der Waals surface area contributed by atoms with Crippen LogP contribution in [0, 0.1) is 0 Å². The number of rotatable bonds is 10. The first-order valence-electron chi connectivity index (χ1n) is 41.5. The molecule has 1 fully saturated rings. The molecule has 2 aromatic heterocycles. The van der Waals surface area contributed by atoms with Crippen LogP contribution in [0.3, 0.4) is 0 Å². The smallest absolute Gasteiger partial charge is 0.457 e. The van der Waals surface area contributed by atoms with Crippen LogP contribution in [0.4, 0.5) is 0 Å². The second-order valence-electron chi connectivity index (χ2n) is 32.4. The zero-order chi connectivity index (χ0) is 82.1. The van der Waals surface area contributed by atoms with E-state index in [0.717, 1.165) is 128 Å². The number of nitrogens with zero attached hydrogens (tertiary/aromatic N) is 4. The summed E-state index contributed by atoms with van der Waals surface area (Å²) in [5.41, 5.74) is 30.5. The molecule has 5 aliphatic rings. The van der Waals surface area contributed by atoms with Crippen LogP contribution in [-0.2, 0) is 20.1 Å². The highest BCUT2D eigenvalue weighted by Crippen LogP contribution is 2.65. The van der Waals surface area contributed by atoms with E-state index >= 15 is 0 Å². The molecule has 0 unspecified atom stereocenters. The number of ether oxygens (including phenoxy) is 2. The summed E-state index contributed by atoms with van der Waals surface area (Å²) in [4.78, 5) is 20.9. The molecule has 5 heterocycles. The SMILES string of the molecule is Brc1cccc2c1-c1ccccc1C21c2ccccc2Oc2ccccc21.CC1(C)OB(c2ccc(-c3nc(-c4ccccc4)nc(-c4ccccc4)c3-c3ccccc3)cc2)OC1(C)C.c1ccc(-c2nc(-c3ccccc3)c(-c3ccccc3)c(-c3ccc(-c4cccc5c4-c4ccccc4C54c5ccccc5Oc5ccccc54)cc3)n2)cc1. The van der Waals surface area contributed by atoms with E-state index in [0.29, 0.717) is 11.6 Å². The second-order valence-corrected chi connectivity index (χ2v) is 33.2. The van der Waals surface area contributed by atoms with Crippen LogP contribution >= 0.6 is 15.9 Å². The predicted octanol–water partition coefficient (Wildman–Crippen LogP) is 27.6. The molecule has 0 radical (unpaired) electrons. The number of hydrogen-bond donors (Lipinski definition) is 0. The fourth-order valence-corrected chi connectivity index (χ4v) is 19.3. The Morgan fingerprint density at radius 3 is 0.877 bits per heavy atom. The van der Waals surface area contributed by atoms with Gasteiger partial charge in [-0.15, -0.1) is 0 Å². The van der Waals surface area contributed by atoms with Gasteiger partial charge >= 0.3 is 7.12 Å². The van der Waals surface area contributed by atoms with E-state index < -0.39 is 23.7 Å². The lowest BCUT2D eigenvalue weighted by Crippen LogP contribution is -2.41. The molecule has 0 saturated carbocycles. The maximum atomic E-state index is 6.57. The lowest BCUT2D eigenvalue weighted by Gasteiger charge is -2.39. The highest BCUT2D eigenvalue weighted by molar-refractivity contribution is 9.10. The van der Waals surface area contributed by atoms with Gasteiger partial charge in [-0.25, -0.2) is 19.9 Å². The third kappa shape index (κ3) is 12.7. The Balaban J connectivity index is 0.000000121. The Labute approximate surface area is 719 Å². The molecule has 2 aliphatic carbocycles. The van der Waals surface area contributed by atoms with Crippen LogP contribution in [0.2, 0.25) is 0 Å². The van der Waals surface area contributed by atoms with Gasteiger partial charge in [0.25, 0.3) is 0 Å². The summed E-state index contributed by atoms with van der Waals surface area (Å²) in [6.45, 7) is 8.30. The predicted molar refractivity (Wildman–Crippen MR) is 498 cm³/mol. The van der Waals surface area contributed by atoms with Crippen molar-refractivity contribution in [2.75, 3.05) is 0 Å². The standard InChI is InChI=1S/C53H34N2O.C34H31BN2O2.C25H15BrO/c1-4-17-36(18-5-1)48-50(37-19-6-2-7-20-37)54-52(39-21-8-3-9-22-39)55-51(48)38-33-31-35(32-34-38)40-24-16-28-45-49(40)41-23-10-11-25-42(41)53(45)43-26-12-14-29-46(43)56-47-30-15-13-27-44(47)53;1-33(2)34(3,4)39-35(38-33)28-22-20-26(21-23-28)31-29(24-14-8-5-9-15-24)30(25-16-10-6-11-17-25)36-32(37-31)27-18-12-7-13-19-27;26-21-13-7-12-20-24(21)16-8-1-2-9-17(16)25(20)18-10-3-5-14-22(18)27-23-15-6-4-11-19(23)25/h1-34H;5-23H,1-4H3;1-15H. The molecule has 0 amide bonds. The van der Waals surface area contributed by atoms with Gasteiger partial charge in [0.05, 0.1) is 44.8 Å². The van der Waals surface area contributed by atoms with E-state index in [1.807, 2.05) is 78.9 Å². The van der Waals surface area contributed by atoms with E-state index in [1.54, 1.807) is 0 Å². The summed E-state index contributed by atoms with van der Waals surface area (Å²) in [5.74, 6) is 5.04. The number of fused-ring (bicyclic) bond motifs is 18. The Morgan fingerprint density at radius 2 is 0.492 bits per heavy atom. The third-order valence-corrected chi connectivity index (χ3v) is 25.6. The quantitative estimate of drug-likeness (QED) is 0.125. The summed E-state index contributed by atoms with van der Waals surface area (Å²) in [7, 11) is -0.414. The molecule has 23 rings (SSSR count). The number of halogens is 1. The summed E-state index contributed by atoms with van der Waals surface area (Å²) >= 11 is 3.82. The zero-order valence-electron chi connectivity index (χ0n) is 67.6. The lowest BCUT2D eigenvalue weighted by molar-refractivity contribution is 0.00578. The Morgan fingerprint density at radius 1 is 0.221 bits per heavy atom. The molecule has 3 aliphatic heterocycles. The maximum absolute atomic E-state index is 6.57. The molecule has 2 spiro atoms. The van der Waals surface area contributed by atoms with Crippen molar-refractivity contribution in [3.05, 3.63) is 461 Å². The maximum Gasteiger partial charge on any atom is 0.494 e. The van der Waals surface area contributed by atoms with Crippen LogP contribution in [0.1, 0.15) is 72.2 Å². The summed E-state index contributed by atoms with van der Waals surface area (Å²) < 4.78 is 26.6. The van der Waals surface area contributed by atoms with Gasteiger partial charge in [-0.3, -0.25) is 0 Å². The van der Waals surface area contributed by atoms with Gasteiger partial charge in [0.2, 0.25) is 0 Å². The zero-order valence-corrected chi connectivity index (χ0v) is 69.2. The molecule has 0 N–H and O–H groups in total. The fraction of sp³-hybridized carbons (Fsp3) is 0.0714. The molecule has 10 heteroatoms.